The molecule has 0 saturated heterocycles. The third-order valence-corrected chi connectivity index (χ3v) is 3.59. The molecule has 1 unspecified atom stereocenters. The molecule has 1 atom stereocenters. The minimum Gasteiger partial charge on any atom is -0.325 e. The summed E-state index contributed by atoms with van der Waals surface area (Å²) in [6.45, 7) is 1.85. The minimum absolute atomic E-state index is 0.274. The fraction of sp³-hybridized carbons (Fsp3) is 0.250. The fourth-order valence-corrected chi connectivity index (χ4v) is 2.70. The molecular formula is C16H16BrF2N. The number of hydrogen-bond donors (Lipinski definition) is 1. The first-order chi connectivity index (χ1) is 9.35. The van der Waals surface area contributed by atoms with Crippen LogP contribution in [-0.2, 0) is 12.8 Å². The molecule has 2 rings (SSSR count). The van der Waals surface area contributed by atoms with Gasteiger partial charge in [0, 0.05) is 10.0 Å². The first kappa shape index (κ1) is 15.1. The fourth-order valence-electron chi connectivity index (χ4n) is 2.29. The van der Waals surface area contributed by atoms with Gasteiger partial charge in [0.15, 0.2) is 0 Å². The van der Waals surface area contributed by atoms with Crippen LogP contribution in [0.1, 0.15) is 18.1 Å². The molecule has 0 aliphatic rings. The van der Waals surface area contributed by atoms with E-state index in [1.807, 2.05) is 13.0 Å². The monoisotopic (exact) mass is 339 g/mol. The van der Waals surface area contributed by atoms with Gasteiger partial charge in [0.05, 0.1) is 0 Å². The Bertz CT molecular complexity index is 611. The van der Waals surface area contributed by atoms with Gasteiger partial charge in [-0.25, -0.2) is 8.78 Å². The molecule has 0 bridgehead atoms. The van der Waals surface area contributed by atoms with E-state index in [-0.39, 0.29) is 11.6 Å². The molecule has 0 aliphatic carbocycles. The summed E-state index contributed by atoms with van der Waals surface area (Å²) >= 11 is 3.32. The van der Waals surface area contributed by atoms with Crippen LogP contribution in [0.4, 0.5) is 8.78 Å². The Balaban J connectivity index is 2.16. The van der Waals surface area contributed by atoms with Crippen LogP contribution in [0.15, 0.2) is 46.9 Å². The zero-order valence-corrected chi connectivity index (χ0v) is 12.8. The van der Waals surface area contributed by atoms with Crippen molar-refractivity contribution in [1.82, 2.24) is 0 Å². The van der Waals surface area contributed by atoms with E-state index in [4.69, 9.17) is 5.73 Å². The second kappa shape index (κ2) is 6.02. The molecule has 0 amide bonds. The normalized spacial score (nSPS) is 14.1. The van der Waals surface area contributed by atoms with E-state index in [9.17, 15) is 8.78 Å². The molecule has 0 spiro atoms. The van der Waals surface area contributed by atoms with Gasteiger partial charge in [0.2, 0.25) is 0 Å². The smallest absolute Gasteiger partial charge is 0.126 e. The quantitative estimate of drug-likeness (QED) is 0.886. The van der Waals surface area contributed by atoms with Crippen molar-refractivity contribution in [1.29, 1.82) is 0 Å². The van der Waals surface area contributed by atoms with Crippen LogP contribution in [0.2, 0.25) is 0 Å². The van der Waals surface area contributed by atoms with Crippen molar-refractivity contribution >= 4 is 15.9 Å². The first-order valence-electron chi connectivity index (χ1n) is 6.33. The number of halogens is 3. The summed E-state index contributed by atoms with van der Waals surface area (Å²) in [6.07, 6.45) is 0.867. The number of nitrogens with two attached hydrogens (primary N) is 1. The van der Waals surface area contributed by atoms with Gasteiger partial charge in [0.1, 0.15) is 11.6 Å². The van der Waals surface area contributed by atoms with Gasteiger partial charge in [-0.3, -0.25) is 0 Å². The molecule has 106 valence electrons. The summed E-state index contributed by atoms with van der Waals surface area (Å²) in [5, 5.41) is 0. The van der Waals surface area contributed by atoms with Crippen molar-refractivity contribution in [3.05, 3.63) is 69.7 Å². The molecule has 2 aromatic rings. The highest BCUT2D eigenvalue weighted by atomic mass is 79.9. The van der Waals surface area contributed by atoms with Crippen molar-refractivity contribution in [3.8, 4) is 0 Å². The van der Waals surface area contributed by atoms with E-state index < -0.39 is 5.54 Å². The van der Waals surface area contributed by atoms with Crippen molar-refractivity contribution < 1.29 is 8.78 Å². The van der Waals surface area contributed by atoms with Crippen LogP contribution in [-0.4, -0.2) is 5.54 Å². The highest BCUT2D eigenvalue weighted by Crippen LogP contribution is 2.22. The average Bonchev–Trinajstić information content (AvgIpc) is 2.33. The van der Waals surface area contributed by atoms with Gasteiger partial charge < -0.3 is 5.73 Å². The van der Waals surface area contributed by atoms with Crippen molar-refractivity contribution in [2.45, 2.75) is 25.3 Å². The molecule has 0 radical (unpaired) electrons. The molecule has 2 N–H and O–H groups in total. The van der Waals surface area contributed by atoms with Gasteiger partial charge in [-0.2, -0.15) is 0 Å². The Labute approximate surface area is 125 Å². The van der Waals surface area contributed by atoms with Gasteiger partial charge in [-0.05, 0) is 61.2 Å². The number of hydrogen-bond acceptors (Lipinski definition) is 1. The zero-order chi connectivity index (χ0) is 14.8. The maximum absolute atomic E-state index is 13.8. The zero-order valence-electron chi connectivity index (χ0n) is 11.2. The standard InChI is InChI=1S/C16H16BrF2N/c1-16(20,9-11-3-2-4-14(18)7-11)10-12-8-13(17)5-6-15(12)19/h2-8H,9-10,20H2,1H3. The van der Waals surface area contributed by atoms with E-state index in [1.165, 1.54) is 18.2 Å². The predicted octanol–water partition coefficient (Wildman–Crippen LogP) is 4.23. The summed E-state index contributed by atoms with van der Waals surface area (Å²) in [5.74, 6) is -0.559. The van der Waals surface area contributed by atoms with Crippen LogP contribution < -0.4 is 5.73 Å². The van der Waals surface area contributed by atoms with E-state index in [0.717, 1.165) is 10.0 Å². The molecule has 2 aromatic carbocycles. The van der Waals surface area contributed by atoms with Crippen LogP contribution in [0.25, 0.3) is 0 Å². The SMILES string of the molecule is CC(N)(Cc1cccc(F)c1)Cc1cc(Br)ccc1F. The van der Waals surface area contributed by atoms with E-state index >= 15 is 0 Å². The highest BCUT2D eigenvalue weighted by molar-refractivity contribution is 9.10. The lowest BCUT2D eigenvalue weighted by Gasteiger charge is -2.25. The van der Waals surface area contributed by atoms with Crippen molar-refractivity contribution in [3.63, 3.8) is 0 Å². The Morgan fingerprint density at radius 2 is 1.85 bits per heavy atom. The molecule has 1 nitrogen and oxygen atoms in total. The van der Waals surface area contributed by atoms with E-state index in [1.54, 1.807) is 18.2 Å². The summed E-state index contributed by atoms with van der Waals surface area (Å²) in [6, 6.07) is 11.1. The van der Waals surface area contributed by atoms with Crippen LogP contribution >= 0.6 is 15.9 Å². The van der Waals surface area contributed by atoms with E-state index in [0.29, 0.717) is 18.4 Å². The third kappa shape index (κ3) is 4.12. The predicted molar refractivity (Wildman–Crippen MR) is 80.5 cm³/mol. The maximum Gasteiger partial charge on any atom is 0.126 e. The third-order valence-electron chi connectivity index (χ3n) is 3.10. The van der Waals surface area contributed by atoms with Gasteiger partial charge in [-0.1, -0.05) is 28.1 Å². The van der Waals surface area contributed by atoms with Crippen LogP contribution in [0.5, 0.6) is 0 Å². The Kier molecular flexibility index (Phi) is 4.55. The summed E-state index contributed by atoms with van der Waals surface area (Å²) in [7, 11) is 0. The Hall–Kier alpha value is -1.26. The molecule has 0 heterocycles. The summed E-state index contributed by atoms with van der Waals surface area (Å²) in [5.41, 5.74) is 6.97. The lowest BCUT2D eigenvalue weighted by atomic mass is 9.87. The Morgan fingerprint density at radius 1 is 1.10 bits per heavy atom. The Morgan fingerprint density at radius 3 is 2.55 bits per heavy atom. The number of benzene rings is 2. The molecular weight excluding hydrogens is 324 g/mol. The topological polar surface area (TPSA) is 26.0 Å². The lowest BCUT2D eigenvalue weighted by molar-refractivity contribution is 0.450. The summed E-state index contributed by atoms with van der Waals surface area (Å²) in [4.78, 5) is 0. The van der Waals surface area contributed by atoms with Gasteiger partial charge >= 0.3 is 0 Å². The molecule has 0 aliphatic heterocycles. The second-order valence-corrected chi connectivity index (χ2v) is 6.29. The van der Waals surface area contributed by atoms with Gasteiger partial charge in [0.25, 0.3) is 0 Å². The summed E-state index contributed by atoms with van der Waals surface area (Å²) < 4.78 is 27.8. The first-order valence-corrected chi connectivity index (χ1v) is 7.12. The average molecular weight is 340 g/mol. The second-order valence-electron chi connectivity index (χ2n) is 5.37. The molecule has 0 aromatic heterocycles. The lowest BCUT2D eigenvalue weighted by Crippen LogP contribution is -2.41. The molecule has 0 fully saturated rings. The highest BCUT2D eigenvalue weighted by Gasteiger charge is 2.22. The van der Waals surface area contributed by atoms with Crippen LogP contribution in [0.3, 0.4) is 0 Å². The maximum atomic E-state index is 13.8. The van der Waals surface area contributed by atoms with Crippen molar-refractivity contribution in [2.24, 2.45) is 5.73 Å². The minimum atomic E-state index is -0.643. The van der Waals surface area contributed by atoms with Gasteiger partial charge in [-0.15, -0.1) is 0 Å². The van der Waals surface area contributed by atoms with E-state index in [2.05, 4.69) is 15.9 Å². The largest absolute Gasteiger partial charge is 0.325 e. The van der Waals surface area contributed by atoms with Crippen molar-refractivity contribution in [2.75, 3.05) is 0 Å². The van der Waals surface area contributed by atoms with Crippen LogP contribution in [0, 0.1) is 11.6 Å². The molecule has 4 heteroatoms. The molecule has 20 heavy (non-hydrogen) atoms. The number of rotatable bonds is 4. The molecule has 0 saturated carbocycles.